The Kier molecular flexibility index (Phi) is 5.90. The Labute approximate surface area is 157 Å². The molecular formula is C20H23N3O4. The van der Waals surface area contributed by atoms with E-state index in [0.29, 0.717) is 48.0 Å². The number of anilines is 1. The SMILES string of the molecule is CCOC(=O)c1c(C)oc2ncnc(NCCc3ccc(OCC)cc3)c12. The third-order valence-electron chi connectivity index (χ3n) is 4.08. The zero-order valence-electron chi connectivity index (χ0n) is 15.7. The van der Waals surface area contributed by atoms with Crippen molar-refractivity contribution in [2.24, 2.45) is 0 Å². The van der Waals surface area contributed by atoms with E-state index in [9.17, 15) is 4.79 Å². The van der Waals surface area contributed by atoms with E-state index >= 15 is 0 Å². The fourth-order valence-corrected chi connectivity index (χ4v) is 2.87. The molecule has 0 aliphatic rings. The van der Waals surface area contributed by atoms with Crippen LogP contribution in [0.5, 0.6) is 5.75 Å². The Morgan fingerprint density at radius 1 is 1.15 bits per heavy atom. The summed E-state index contributed by atoms with van der Waals surface area (Å²) in [6.45, 7) is 7.03. The molecule has 2 heterocycles. The summed E-state index contributed by atoms with van der Waals surface area (Å²) < 4.78 is 16.2. The Balaban J connectivity index is 1.75. The van der Waals surface area contributed by atoms with Crippen LogP contribution in [-0.2, 0) is 11.2 Å². The van der Waals surface area contributed by atoms with Crippen LogP contribution in [0.25, 0.3) is 11.1 Å². The molecule has 2 aromatic heterocycles. The van der Waals surface area contributed by atoms with E-state index in [4.69, 9.17) is 13.9 Å². The summed E-state index contributed by atoms with van der Waals surface area (Å²) in [4.78, 5) is 20.7. The molecular weight excluding hydrogens is 346 g/mol. The second-order valence-electron chi connectivity index (χ2n) is 5.91. The molecule has 1 aromatic carbocycles. The maximum Gasteiger partial charge on any atom is 0.342 e. The molecule has 7 heteroatoms. The summed E-state index contributed by atoms with van der Waals surface area (Å²) in [6.07, 6.45) is 2.21. The third kappa shape index (κ3) is 4.19. The lowest BCUT2D eigenvalue weighted by Crippen LogP contribution is -2.10. The van der Waals surface area contributed by atoms with Crippen LogP contribution in [0.4, 0.5) is 5.82 Å². The summed E-state index contributed by atoms with van der Waals surface area (Å²) in [7, 11) is 0. The molecule has 0 saturated carbocycles. The highest BCUT2D eigenvalue weighted by Crippen LogP contribution is 2.29. The monoisotopic (exact) mass is 369 g/mol. The minimum Gasteiger partial charge on any atom is -0.494 e. The lowest BCUT2D eigenvalue weighted by atomic mass is 10.1. The minimum absolute atomic E-state index is 0.291. The van der Waals surface area contributed by atoms with Crippen LogP contribution in [0.2, 0.25) is 0 Å². The van der Waals surface area contributed by atoms with Crippen molar-refractivity contribution in [3.8, 4) is 5.75 Å². The summed E-state index contributed by atoms with van der Waals surface area (Å²) in [6, 6.07) is 7.99. The van der Waals surface area contributed by atoms with E-state index in [1.165, 1.54) is 11.9 Å². The van der Waals surface area contributed by atoms with Crippen molar-refractivity contribution >= 4 is 22.9 Å². The number of nitrogens with zero attached hydrogens (tertiary/aromatic N) is 2. The highest BCUT2D eigenvalue weighted by Gasteiger charge is 2.23. The van der Waals surface area contributed by atoms with Crippen LogP contribution in [0.3, 0.4) is 0 Å². The van der Waals surface area contributed by atoms with Gasteiger partial charge in [0, 0.05) is 6.54 Å². The molecule has 0 spiro atoms. The molecule has 1 N–H and O–H groups in total. The van der Waals surface area contributed by atoms with E-state index in [2.05, 4.69) is 15.3 Å². The first kappa shape index (κ1) is 18.7. The zero-order chi connectivity index (χ0) is 19.2. The number of aryl methyl sites for hydroxylation is 1. The molecule has 27 heavy (non-hydrogen) atoms. The number of fused-ring (bicyclic) bond motifs is 1. The van der Waals surface area contributed by atoms with Crippen molar-refractivity contribution in [2.45, 2.75) is 27.2 Å². The summed E-state index contributed by atoms with van der Waals surface area (Å²) in [5.74, 6) is 1.46. The maximum absolute atomic E-state index is 12.3. The molecule has 0 saturated heterocycles. The van der Waals surface area contributed by atoms with Gasteiger partial charge in [0.25, 0.3) is 0 Å². The average Bonchev–Trinajstić information content (AvgIpc) is 3.00. The average molecular weight is 369 g/mol. The van der Waals surface area contributed by atoms with Gasteiger partial charge in [0.2, 0.25) is 5.71 Å². The second kappa shape index (κ2) is 8.53. The number of aromatic nitrogens is 2. The molecule has 142 valence electrons. The largest absolute Gasteiger partial charge is 0.494 e. The summed E-state index contributed by atoms with van der Waals surface area (Å²) in [5, 5.41) is 3.83. The van der Waals surface area contributed by atoms with Crippen molar-refractivity contribution in [3.63, 3.8) is 0 Å². The highest BCUT2D eigenvalue weighted by molar-refractivity contribution is 6.07. The number of hydrogen-bond acceptors (Lipinski definition) is 7. The van der Waals surface area contributed by atoms with Gasteiger partial charge in [0.1, 0.15) is 29.2 Å². The van der Waals surface area contributed by atoms with Gasteiger partial charge in [-0.1, -0.05) is 12.1 Å². The van der Waals surface area contributed by atoms with Crippen molar-refractivity contribution in [3.05, 3.63) is 47.5 Å². The number of furan rings is 1. The highest BCUT2D eigenvalue weighted by atomic mass is 16.5. The molecule has 0 atom stereocenters. The van der Waals surface area contributed by atoms with E-state index in [0.717, 1.165) is 12.2 Å². The van der Waals surface area contributed by atoms with Gasteiger partial charge in [-0.2, -0.15) is 0 Å². The fourth-order valence-electron chi connectivity index (χ4n) is 2.87. The number of benzene rings is 1. The standard InChI is InChI=1S/C20H23N3O4/c1-4-25-15-8-6-14(7-9-15)10-11-21-18-17-16(20(24)26-5-2)13(3)27-19(17)23-12-22-18/h6-9,12H,4-5,10-11H2,1-3H3,(H,21,22,23). The molecule has 0 fully saturated rings. The smallest absolute Gasteiger partial charge is 0.342 e. The van der Waals surface area contributed by atoms with Crippen molar-refractivity contribution < 1.29 is 18.7 Å². The Hall–Kier alpha value is -3.09. The van der Waals surface area contributed by atoms with Crippen LogP contribution in [0.1, 0.15) is 35.5 Å². The zero-order valence-corrected chi connectivity index (χ0v) is 15.7. The Morgan fingerprint density at radius 2 is 1.93 bits per heavy atom. The van der Waals surface area contributed by atoms with Crippen molar-refractivity contribution in [2.75, 3.05) is 25.1 Å². The lowest BCUT2D eigenvalue weighted by molar-refractivity contribution is 0.0526. The first-order valence-electron chi connectivity index (χ1n) is 9.00. The topological polar surface area (TPSA) is 86.5 Å². The molecule has 3 rings (SSSR count). The van der Waals surface area contributed by atoms with E-state index in [1.54, 1.807) is 13.8 Å². The van der Waals surface area contributed by atoms with Gasteiger partial charge >= 0.3 is 5.97 Å². The van der Waals surface area contributed by atoms with Crippen LogP contribution in [0.15, 0.2) is 35.0 Å². The molecule has 3 aromatic rings. The summed E-state index contributed by atoms with van der Waals surface area (Å²) >= 11 is 0. The van der Waals surface area contributed by atoms with Gasteiger partial charge < -0.3 is 19.2 Å². The van der Waals surface area contributed by atoms with E-state index in [-0.39, 0.29) is 0 Å². The van der Waals surface area contributed by atoms with Crippen LogP contribution in [-0.4, -0.2) is 35.7 Å². The summed E-state index contributed by atoms with van der Waals surface area (Å²) in [5.41, 5.74) is 1.91. The fraction of sp³-hybridized carbons (Fsp3) is 0.350. The number of rotatable bonds is 8. The number of hydrogen-bond donors (Lipinski definition) is 1. The second-order valence-corrected chi connectivity index (χ2v) is 5.91. The van der Waals surface area contributed by atoms with Gasteiger partial charge in [-0.15, -0.1) is 0 Å². The number of carbonyl (C=O) groups excluding carboxylic acids is 1. The van der Waals surface area contributed by atoms with Crippen molar-refractivity contribution in [1.29, 1.82) is 0 Å². The van der Waals surface area contributed by atoms with Gasteiger partial charge in [-0.25, -0.2) is 14.8 Å². The lowest BCUT2D eigenvalue weighted by Gasteiger charge is -2.08. The minimum atomic E-state index is -0.432. The molecule has 7 nitrogen and oxygen atoms in total. The third-order valence-corrected chi connectivity index (χ3v) is 4.08. The number of carbonyl (C=O) groups is 1. The Morgan fingerprint density at radius 3 is 2.63 bits per heavy atom. The Bertz CT molecular complexity index is 919. The van der Waals surface area contributed by atoms with Crippen molar-refractivity contribution in [1.82, 2.24) is 9.97 Å². The first-order chi connectivity index (χ1) is 13.1. The van der Waals surface area contributed by atoms with Gasteiger partial charge in [-0.05, 0) is 44.9 Å². The predicted octanol–water partition coefficient (Wildman–Crippen LogP) is 3.76. The number of esters is 1. The van der Waals surface area contributed by atoms with Gasteiger partial charge in [0.15, 0.2) is 0 Å². The van der Waals surface area contributed by atoms with E-state index < -0.39 is 5.97 Å². The maximum atomic E-state index is 12.3. The number of nitrogens with one attached hydrogen (secondary N) is 1. The predicted molar refractivity (Wildman–Crippen MR) is 102 cm³/mol. The van der Waals surface area contributed by atoms with Crippen LogP contribution >= 0.6 is 0 Å². The molecule has 0 amide bonds. The first-order valence-corrected chi connectivity index (χ1v) is 9.00. The molecule has 0 aliphatic heterocycles. The molecule has 0 aliphatic carbocycles. The number of ether oxygens (including phenoxy) is 2. The quantitative estimate of drug-likeness (QED) is 0.605. The van der Waals surface area contributed by atoms with Crippen LogP contribution in [0, 0.1) is 6.92 Å². The molecule has 0 unspecified atom stereocenters. The molecule has 0 radical (unpaired) electrons. The normalized spacial score (nSPS) is 10.8. The van der Waals surface area contributed by atoms with E-state index in [1.807, 2.05) is 31.2 Å². The van der Waals surface area contributed by atoms with Crippen LogP contribution < -0.4 is 10.1 Å². The van der Waals surface area contributed by atoms with Gasteiger partial charge in [0.05, 0.1) is 18.6 Å². The molecule has 0 bridgehead atoms. The van der Waals surface area contributed by atoms with Gasteiger partial charge in [-0.3, -0.25) is 0 Å².